The maximum absolute atomic E-state index is 5.91. The smallest absolute Gasteiger partial charge is 0.216 e. The number of hydrogen-bond donors (Lipinski definition) is 1. The third-order valence-electron chi connectivity index (χ3n) is 4.70. The standard InChI is InChI=1S/C18H28N4O3/c1-13-5-6-17(25-13)16(22-7-9-24-10-8-22)12-19-11-15-14(2)20-21(3)18(15)23-4/h5-6,16,19H,7-12H2,1-4H3/t16-/m0/s1. The van der Waals surface area contributed by atoms with Crippen LogP contribution in [0.25, 0.3) is 0 Å². The molecule has 0 spiro atoms. The van der Waals surface area contributed by atoms with E-state index in [1.807, 2.05) is 27.0 Å². The zero-order valence-corrected chi connectivity index (χ0v) is 15.5. The Bertz CT molecular complexity index is 689. The highest BCUT2D eigenvalue weighted by atomic mass is 16.5. The molecule has 25 heavy (non-hydrogen) atoms. The Kier molecular flexibility index (Phi) is 5.78. The van der Waals surface area contributed by atoms with Crippen molar-refractivity contribution >= 4 is 0 Å². The number of nitrogens with zero attached hydrogens (tertiary/aromatic N) is 3. The molecule has 0 amide bonds. The highest BCUT2D eigenvalue weighted by Crippen LogP contribution is 2.24. The van der Waals surface area contributed by atoms with Crippen molar-refractivity contribution < 1.29 is 13.9 Å². The van der Waals surface area contributed by atoms with Gasteiger partial charge in [0.05, 0.1) is 37.6 Å². The average molecular weight is 348 g/mol. The van der Waals surface area contributed by atoms with Crippen LogP contribution in [0.5, 0.6) is 5.88 Å². The maximum Gasteiger partial charge on any atom is 0.216 e. The van der Waals surface area contributed by atoms with E-state index in [1.54, 1.807) is 11.8 Å². The van der Waals surface area contributed by atoms with Crippen molar-refractivity contribution in [1.29, 1.82) is 0 Å². The predicted octanol–water partition coefficient (Wildman–Crippen LogP) is 1.80. The minimum absolute atomic E-state index is 0.195. The summed E-state index contributed by atoms with van der Waals surface area (Å²) in [6.45, 7) is 8.87. The van der Waals surface area contributed by atoms with Crippen molar-refractivity contribution in [3.8, 4) is 5.88 Å². The Morgan fingerprint density at radius 1 is 1.28 bits per heavy atom. The van der Waals surface area contributed by atoms with Crippen molar-refractivity contribution in [3.63, 3.8) is 0 Å². The molecule has 2 aromatic rings. The second kappa shape index (κ2) is 8.03. The van der Waals surface area contributed by atoms with Crippen molar-refractivity contribution in [2.24, 2.45) is 7.05 Å². The van der Waals surface area contributed by atoms with E-state index in [0.717, 1.165) is 61.5 Å². The van der Waals surface area contributed by atoms with Gasteiger partial charge in [-0.3, -0.25) is 4.90 Å². The zero-order valence-electron chi connectivity index (χ0n) is 15.5. The van der Waals surface area contributed by atoms with Crippen LogP contribution >= 0.6 is 0 Å². The SMILES string of the molecule is COc1c(CNC[C@@H](c2ccc(C)o2)N2CCOCC2)c(C)nn1C. The summed E-state index contributed by atoms with van der Waals surface area (Å²) in [4.78, 5) is 2.42. The highest BCUT2D eigenvalue weighted by Gasteiger charge is 2.25. The van der Waals surface area contributed by atoms with Crippen molar-refractivity contribution in [2.45, 2.75) is 26.4 Å². The molecule has 0 aliphatic carbocycles. The first-order valence-corrected chi connectivity index (χ1v) is 8.75. The lowest BCUT2D eigenvalue weighted by molar-refractivity contribution is 0.0115. The van der Waals surface area contributed by atoms with E-state index in [-0.39, 0.29) is 6.04 Å². The van der Waals surface area contributed by atoms with Crippen LogP contribution in [0.4, 0.5) is 0 Å². The van der Waals surface area contributed by atoms with Gasteiger partial charge in [-0.2, -0.15) is 5.10 Å². The quantitative estimate of drug-likeness (QED) is 0.823. The van der Waals surface area contributed by atoms with Gasteiger partial charge in [0, 0.05) is 33.2 Å². The fraction of sp³-hybridized carbons (Fsp3) is 0.611. The molecule has 1 aliphatic heterocycles. The number of methoxy groups -OCH3 is 1. The fourth-order valence-electron chi connectivity index (χ4n) is 3.40. The molecule has 2 aromatic heterocycles. The predicted molar refractivity (Wildman–Crippen MR) is 94.8 cm³/mol. The molecule has 0 aromatic carbocycles. The first-order chi connectivity index (χ1) is 12.1. The number of aromatic nitrogens is 2. The highest BCUT2D eigenvalue weighted by molar-refractivity contribution is 5.30. The topological polar surface area (TPSA) is 64.7 Å². The second-order valence-electron chi connectivity index (χ2n) is 6.44. The summed E-state index contributed by atoms with van der Waals surface area (Å²) in [5.41, 5.74) is 2.09. The number of furan rings is 1. The lowest BCUT2D eigenvalue weighted by Gasteiger charge is -2.33. The van der Waals surface area contributed by atoms with E-state index in [2.05, 4.69) is 21.4 Å². The molecule has 3 heterocycles. The maximum atomic E-state index is 5.91. The van der Waals surface area contributed by atoms with Gasteiger partial charge in [-0.1, -0.05) is 0 Å². The van der Waals surface area contributed by atoms with E-state index in [0.29, 0.717) is 6.54 Å². The molecule has 0 unspecified atom stereocenters. The normalized spacial score (nSPS) is 17.0. The van der Waals surface area contributed by atoms with Crippen molar-refractivity contribution in [1.82, 2.24) is 20.0 Å². The van der Waals surface area contributed by atoms with Gasteiger partial charge >= 0.3 is 0 Å². The summed E-state index contributed by atoms with van der Waals surface area (Å²) in [5.74, 6) is 2.75. The number of hydrogen-bond acceptors (Lipinski definition) is 6. The van der Waals surface area contributed by atoms with Gasteiger partial charge in [0.15, 0.2) is 0 Å². The van der Waals surface area contributed by atoms with Crippen LogP contribution in [0.3, 0.4) is 0 Å². The minimum atomic E-state index is 0.195. The summed E-state index contributed by atoms with van der Waals surface area (Å²) in [5, 5.41) is 8.00. The molecule has 0 saturated carbocycles. The number of aryl methyl sites for hydroxylation is 3. The van der Waals surface area contributed by atoms with Crippen LogP contribution in [0.15, 0.2) is 16.5 Å². The van der Waals surface area contributed by atoms with Crippen molar-refractivity contribution in [2.75, 3.05) is 40.0 Å². The third-order valence-corrected chi connectivity index (χ3v) is 4.70. The molecule has 0 bridgehead atoms. The van der Waals surface area contributed by atoms with Gasteiger partial charge in [0.1, 0.15) is 11.5 Å². The number of morpholine rings is 1. The fourth-order valence-corrected chi connectivity index (χ4v) is 3.40. The van der Waals surface area contributed by atoms with Crippen LogP contribution in [0.2, 0.25) is 0 Å². The molecular formula is C18H28N4O3. The minimum Gasteiger partial charge on any atom is -0.481 e. The summed E-state index contributed by atoms with van der Waals surface area (Å²) in [6, 6.07) is 4.30. The monoisotopic (exact) mass is 348 g/mol. The Hall–Kier alpha value is -1.83. The van der Waals surface area contributed by atoms with Crippen LogP contribution in [0, 0.1) is 13.8 Å². The molecule has 7 heteroatoms. The van der Waals surface area contributed by atoms with E-state index in [4.69, 9.17) is 13.9 Å². The molecule has 1 aliphatic rings. The van der Waals surface area contributed by atoms with E-state index in [9.17, 15) is 0 Å². The van der Waals surface area contributed by atoms with Crippen LogP contribution < -0.4 is 10.1 Å². The zero-order chi connectivity index (χ0) is 17.8. The van der Waals surface area contributed by atoms with E-state index in [1.165, 1.54) is 0 Å². The molecule has 138 valence electrons. The van der Waals surface area contributed by atoms with Gasteiger partial charge in [-0.05, 0) is 26.0 Å². The number of rotatable bonds is 7. The number of nitrogens with one attached hydrogen (secondary N) is 1. The molecule has 3 rings (SSSR count). The lowest BCUT2D eigenvalue weighted by Crippen LogP contribution is -2.42. The second-order valence-corrected chi connectivity index (χ2v) is 6.44. The first-order valence-electron chi connectivity index (χ1n) is 8.75. The first kappa shape index (κ1) is 18.0. The van der Waals surface area contributed by atoms with E-state index >= 15 is 0 Å². The van der Waals surface area contributed by atoms with Gasteiger partial charge < -0.3 is 19.2 Å². The largest absolute Gasteiger partial charge is 0.481 e. The van der Waals surface area contributed by atoms with Crippen LogP contribution in [-0.2, 0) is 18.3 Å². The summed E-state index contributed by atoms with van der Waals surface area (Å²) in [6.07, 6.45) is 0. The Morgan fingerprint density at radius 3 is 2.68 bits per heavy atom. The Morgan fingerprint density at radius 2 is 2.04 bits per heavy atom. The lowest BCUT2D eigenvalue weighted by atomic mass is 10.1. The van der Waals surface area contributed by atoms with Crippen LogP contribution in [-0.4, -0.2) is 54.6 Å². The van der Waals surface area contributed by atoms with E-state index < -0.39 is 0 Å². The molecule has 1 fully saturated rings. The van der Waals surface area contributed by atoms with Gasteiger partial charge in [0.2, 0.25) is 5.88 Å². The molecule has 0 radical (unpaired) electrons. The molecule has 1 N–H and O–H groups in total. The Labute approximate surface area is 148 Å². The number of ether oxygens (including phenoxy) is 2. The summed E-state index contributed by atoms with van der Waals surface area (Å²) < 4.78 is 18.7. The molecule has 1 saturated heterocycles. The average Bonchev–Trinajstić information content (AvgIpc) is 3.15. The van der Waals surface area contributed by atoms with Gasteiger partial charge in [-0.15, -0.1) is 0 Å². The summed E-state index contributed by atoms with van der Waals surface area (Å²) >= 11 is 0. The van der Waals surface area contributed by atoms with Crippen LogP contribution in [0.1, 0.15) is 28.8 Å². The summed E-state index contributed by atoms with van der Waals surface area (Å²) in [7, 11) is 3.58. The van der Waals surface area contributed by atoms with Gasteiger partial charge in [-0.25, -0.2) is 4.68 Å². The molecule has 7 nitrogen and oxygen atoms in total. The third kappa shape index (κ3) is 4.05. The van der Waals surface area contributed by atoms with Gasteiger partial charge in [0.25, 0.3) is 0 Å². The Balaban J connectivity index is 1.68. The molecular weight excluding hydrogens is 320 g/mol. The van der Waals surface area contributed by atoms with Crippen molar-refractivity contribution in [3.05, 3.63) is 34.9 Å². The molecule has 1 atom stereocenters.